The molecule has 1 N–H and O–H groups in total. The maximum Gasteiger partial charge on any atom is 0.265 e. The number of ketones is 1. The minimum Gasteiger partial charge on any atom is -0.481 e. The highest BCUT2D eigenvalue weighted by Gasteiger charge is 2.27. The van der Waals surface area contributed by atoms with Crippen molar-refractivity contribution in [2.75, 3.05) is 18.1 Å². The lowest BCUT2D eigenvalue weighted by atomic mass is 9.95. The molecule has 0 bridgehead atoms. The number of Topliss-reactive ketones (excluding diaryl/α,β-unsaturated/α-hetero) is 1. The molecule has 2 heterocycles. The molecule has 5 heteroatoms. The first-order valence-electron chi connectivity index (χ1n) is 8.34. The van der Waals surface area contributed by atoms with E-state index in [1.165, 1.54) is 0 Å². The first-order valence-corrected chi connectivity index (χ1v) is 8.34. The topological polar surface area (TPSA) is 62.4 Å². The Morgan fingerprint density at radius 3 is 2.87 bits per heavy atom. The summed E-state index contributed by atoms with van der Waals surface area (Å²) in [6.45, 7) is 2.65. The lowest BCUT2D eigenvalue weighted by molar-refractivity contribution is -0.121. The Morgan fingerprint density at radius 2 is 2.04 bits per heavy atom. The largest absolute Gasteiger partial charge is 0.481 e. The van der Waals surface area contributed by atoms with Crippen LogP contribution in [0.1, 0.15) is 50.1 Å². The summed E-state index contributed by atoms with van der Waals surface area (Å²) >= 11 is 0. The van der Waals surface area contributed by atoms with Crippen LogP contribution in [0.25, 0.3) is 10.9 Å². The molecular weight excluding hydrogens is 292 g/mol. The summed E-state index contributed by atoms with van der Waals surface area (Å²) in [5, 5.41) is 1.05. The molecule has 1 aromatic carbocycles. The number of H-pyrrole nitrogens is 1. The quantitative estimate of drug-likeness (QED) is 0.877. The molecule has 0 atom stereocenters. The van der Waals surface area contributed by atoms with E-state index in [0.29, 0.717) is 18.7 Å². The maximum absolute atomic E-state index is 12.4. The van der Waals surface area contributed by atoms with Crippen LogP contribution in [0.3, 0.4) is 0 Å². The highest BCUT2D eigenvalue weighted by atomic mass is 16.5. The number of hydrogen-bond acceptors (Lipinski definition) is 3. The number of aromatic amines is 1. The second-order valence-corrected chi connectivity index (χ2v) is 6.25. The van der Waals surface area contributed by atoms with E-state index in [1.807, 2.05) is 19.1 Å². The number of fused-ring (bicyclic) bond motifs is 4. The third-order valence-corrected chi connectivity index (χ3v) is 4.85. The molecule has 4 rings (SSSR count). The zero-order chi connectivity index (χ0) is 16.0. The van der Waals surface area contributed by atoms with Gasteiger partial charge in [0.1, 0.15) is 5.75 Å². The van der Waals surface area contributed by atoms with Crippen molar-refractivity contribution in [1.29, 1.82) is 0 Å². The van der Waals surface area contributed by atoms with Crippen LogP contribution in [0.5, 0.6) is 5.75 Å². The number of carbonyl (C=O) groups excluding carboxylic acids is 2. The Bertz CT molecular complexity index is 812. The van der Waals surface area contributed by atoms with Gasteiger partial charge in [-0.15, -0.1) is 0 Å². The molecule has 0 radical (unpaired) electrons. The van der Waals surface area contributed by atoms with Crippen molar-refractivity contribution in [1.82, 2.24) is 4.98 Å². The van der Waals surface area contributed by atoms with E-state index in [1.54, 1.807) is 4.90 Å². The van der Waals surface area contributed by atoms with Crippen LogP contribution in [-0.2, 0) is 11.2 Å². The van der Waals surface area contributed by atoms with E-state index >= 15 is 0 Å². The number of aryl methyl sites for hydroxylation is 1. The molecule has 1 aliphatic heterocycles. The van der Waals surface area contributed by atoms with Gasteiger partial charge in [0, 0.05) is 25.8 Å². The molecule has 1 aromatic heterocycles. The molecular formula is C18H22N2O3. The van der Waals surface area contributed by atoms with Crippen molar-refractivity contribution in [3.05, 3.63) is 23.4 Å². The number of aromatic nitrogens is 1. The molecule has 0 unspecified atom stereocenters. The highest BCUT2D eigenvalue weighted by molar-refractivity contribution is 6.06. The molecule has 23 heavy (non-hydrogen) atoms. The van der Waals surface area contributed by atoms with Crippen molar-refractivity contribution in [2.24, 2.45) is 0 Å². The normalized spacial score (nSPS) is 18.2. The number of likely N-dealkylation sites (N-methyl/N-ethyl adjacent to an activating group) is 1. The van der Waals surface area contributed by atoms with Gasteiger partial charge in [0.25, 0.3) is 5.91 Å². The summed E-state index contributed by atoms with van der Waals surface area (Å²) in [6.07, 6.45) is 4.66. The van der Waals surface area contributed by atoms with E-state index in [4.69, 9.17) is 4.74 Å². The number of nitrogens with one attached hydrogen (secondary N) is 1. The van der Waals surface area contributed by atoms with E-state index < -0.39 is 0 Å². The van der Waals surface area contributed by atoms with Gasteiger partial charge >= 0.3 is 0 Å². The summed E-state index contributed by atoms with van der Waals surface area (Å²) in [6, 6.07) is 3.94. The van der Waals surface area contributed by atoms with Crippen LogP contribution >= 0.6 is 0 Å². The zero-order valence-electron chi connectivity index (χ0n) is 13.3. The highest BCUT2D eigenvalue weighted by Crippen LogP contribution is 2.38. The second kappa shape index (κ2) is 5.41. The standard InChI is InChI=1S/C18H20N2O3.H2/c1-2-20-14-8-12-11-6-4-3-5-7-15(21)18(11)19-13(12)9-16(14)23-10-17(20)22;/h8-9,19H,2-7,10H2,1H3;1H. The number of nitrogens with zero attached hydrogens (tertiary/aromatic N) is 1. The van der Waals surface area contributed by atoms with E-state index in [0.717, 1.165) is 53.5 Å². The Balaban J connectivity index is 0.00000169. The number of carbonyl (C=O) groups is 2. The van der Waals surface area contributed by atoms with E-state index in [-0.39, 0.29) is 19.7 Å². The summed E-state index contributed by atoms with van der Waals surface area (Å²) in [4.78, 5) is 29.5. The van der Waals surface area contributed by atoms with Crippen LogP contribution in [0, 0.1) is 0 Å². The fourth-order valence-corrected chi connectivity index (χ4v) is 3.68. The summed E-state index contributed by atoms with van der Waals surface area (Å²) in [5.74, 6) is 0.882. The van der Waals surface area contributed by atoms with Gasteiger partial charge in [0.2, 0.25) is 0 Å². The van der Waals surface area contributed by atoms with Gasteiger partial charge in [-0.2, -0.15) is 0 Å². The zero-order valence-corrected chi connectivity index (χ0v) is 13.3. The lowest BCUT2D eigenvalue weighted by Gasteiger charge is -2.28. The smallest absolute Gasteiger partial charge is 0.265 e. The molecule has 0 fully saturated rings. The van der Waals surface area contributed by atoms with Crippen LogP contribution in [0.4, 0.5) is 5.69 Å². The molecule has 2 aromatic rings. The van der Waals surface area contributed by atoms with Crippen molar-refractivity contribution >= 4 is 28.3 Å². The summed E-state index contributed by atoms with van der Waals surface area (Å²) in [7, 11) is 0. The fourth-order valence-electron chi connectivity index (χ4n) is 3.68. The summed E-state index contributed by atoms with van der Waals surface area (Å²) < 4.78 is 5.59. The van der Waals surface area contributed by atoms with Crippen molar-refractivity contribution in [3.63, 3.8) is 0 Å². The van der Waals surface area contributed by atoms with E-state index in [2.05, 4.69) is 4.98 Å². The Morgan fingerprint density at radius 1 is 1.22 bits per heavy atom. The fraction of sp³-hybridized carbons (Fsp3) is 0.444. The van der Waals surface area contributed by atoms with Gasteiger partial charge in [0.15, 0.2) is 12.4 Å². The third kappa shape index (κ3) is 2.22. The Kier molecular flexibility index (Phi) is 3.36. The van der Waals surface area contributed by atoms with Crippen molar-refractivity contribution < 1.29 is 15.8 Å². The lowest BCUT2D eigenvalue weighted by Crippen LogP contribution is -2.38. The van der Waals surface area contributed by atoms with Gasteiger partial charge < -0.3 is 14.6 Å². The maximum atomic E-state index is 12.4. The molecule has 0 spiro atoms. The van der Waals surface area contributed by atoms with Gasteiger partial charge in [-0.1, -0.05) is 6.42 Å². The first kappa shape index (κ1) is 14.3. The number of ether oxygens (including phenoxy) is 1. The SMILES string of the molecule is CCN1C(=O)COc2cc3[nH]c4c(c3cc21)CCCCCC4=O.[HH]. The molecule has 0 saturated carbocycles. The average molecular weight is 314 g/mol. The molecule has 2 aliphatic rings. The molecule has 5 nitrogen and oxygen atoms in total. The van der Waals surface area contributed by atoms with Crippen LogP contribution in [0.15, 0.2) is 12.1 Å². The van der Waals surface area contributed by atoms with Gasteiger partial charge in [-0.3, -0.25) is 9.59 Å². The molecule has 0 saturated heterocycles. The van der Waals surface area contributed by atoms with Crippen LogP contribution in [0.2, 0.25) is 0 Å². The second-order valence-electron chi connectivity index (χ2n) is 6.25. The average Bonchev–Trinajstić information content (AvgIpc) is 2.88. The number of anilines is 1. The Labute approximate surface area is 136 Å². The van der Waals surface area contributed by atoms with Crippen LogP contribution < -0.4 is 9.64 Å². The van der Waals surface area contributed by atoms with Gasteiger partial charge in [-0.25, -0.2) is 0 Å². The molecule has 1 amide bonds. The molecule has 122 valence electrons. The van der Waals surface area contributed by atoms with Crippen molar-refractivity contribution in [3.8, 4) is 5.75 Å². The number of rotatable bonds is 1. The first-order chi connectivity index (χ1) is 11.2. The number of amides is 1. The monoisotopic (exact) mass is 314 g/mol. The summed E-state index contributed by atoms with van der Waals surface area (Å²) in [5.41, 5.74) is 3.58. The van der Waals surface area contributed by atoms with Crippen molar-refractivity contribution in [2.45, 2.75) is 39.0 Å². The predicted molar refractivity (Wildman–Crippen MR) is 90.4 cm³/mol. The van der Waals surface area contributed by atoms with E-state index in [9.17, 15) is 9.59 Å². The van der Waals surface area contributed by atoms with Crippen LogP contribution in [-0.4, -0.2) is 29.8 Å². The molecule has 1 aliphatic carbocycles. The predicted octanol–water partition coefficient (Wildman–Crippen LogP) is 3.46. The van der Waals surface area contributed by atoms with Gasteiger partial charge in [0.05, 0.1) is 16.9 Å². The number of hydrogen-bond donors (Lipinski definition) is 1. The van der Waals surface area contributed by atoms with Gasteiger partial charge in [-0.05, 0) is 37.8 Å². The minimum absolute atomic E-state index is 0. The minimum atomic E-state index is -0.0196. The third-order valence-electron chi connectivity index (χ3n) is 4.85. The number of benzene rings is 1. The Hall–Kier alpha value is -2.30.